The average Bonchev–Trinajstić information content (AvgIpc) is 2.46. The van der Waals surface area contributed by atoms with Crippen molar-refractivity contribution in [3.05, 3.63) is 75.3 Å². The molecule has 0 spiro atoms. The molecule has 0 aromatic heterocycles. The van der Waals surface area contributed by atoms with Crippen LogP contribution < -0.4 is 0 Å². The molecular formula is C15H13NO3. The number of nitro groups is 1. The van der Waals surface area contributed by atoms with Gasteiger partial charge in [-0.3, -0.25) is 14.9 Å². The van der Waals surface area contributed by atoms with E-state index in [1.807, 2.05) is 13.0 Å². The van der Waals surface area contributed by atoms with Crippen LogP contribution in [0.25, 0.3) is 0 Å². The number of non-ortho nitro benzene ring substituents is 1. The lowest BCUT2D eigenvalue weighted by Gasteiger charge is -2.06. The van der Waals surface area contributed by atoms with Gasteiger partial charge < -0.3 is 0 Å². The van der Waals surface area contributed by atoms with Crippen molar-refractivity contribution >= 4 is 11.5 Å². The van der Waals surface area contributed by atoms with Crippen molar-refractivity contribution < 1.29 is 9.72 Å². The minimum Gasteiger partial charge on any atom is -0.289 e. The molecule has 0 amide bonds. The van der Waals surface area contributed by atoms with Crippen LogP contribution in [0.1, 0.15) is 28.4 Å². The highest BCUT2D eigenvalue weighted by molar-refractivity contribution is 6.10. The predicted molar refractivity (Wildman–Crippen MR) is 72.3 cm³/mol. The van der Waals surface area contributed by atoms with Gasteiger partial charge in [-0.25, -0.2) is 0 Å². The van der Waals surface area contributed by atoms with E-state index in [4.69, 9.17) is 0 Å². The number of ketones is 1. The lowest BCUT2D eigenvalue weighted by atomic mass is 9.96. The Labute approximate surface area is 110 Å². The number of carbonyl (C=O) groups is 1. The fraction of sp³-hybridized carbons (Fsp3) is 0.133. The maximum Gasteiger partial charge on any atom is 0.269 e. The summed E-state index contributed by atoms with van der Waals surface area (Å²) in [7, 11) is 0. The second kappa shape index (κ2) is 5.44. The standard InChI is InChI=1S/C15H13NO3/c1-2-11-10-13(16(18)19)8-9-14(11)15(17)12-6-4-3-5-7-12/h3-10H,2H2,1H3. The van der Waals surface area contributed by atoms with Gasteiger partial charge in [0.25, 0.3) is 5.69 Å². The molecular weight excluding hydrogens is 242 g/mol. The second-order valence-electron chi connectivity index (χ2n) is 4.15. The van der Waals surface area contributed by atoms with E-state index < -0.39 is 4.92 Å². The maximum absolute atomic E-state index is 12.3. The molecule has 0 saturated carbocycles. The molecule has 96 valence electrons. The molecule has 0 fully saturated rings. The molecule has 2 rings (SSSR count). The summed E-state index contributed by atoms with van der Waals surface area (Å²) >= 11 is 0. The number of benzene rings is 2. The lowest BCUT2D eigenvalue weighted by Crippen LogP contribution is -2.05. The highest BCUT2D eigenvalue weighted by Gasteiger charge is 2.16. The predicted octanol–water partition coefficient (Wildman–Crippen LogP) is 3.39. The van der Waals surface area contributed by atoms with E-state index in [2.05, 4.69) is 0 Å². The normalized spacial score (nSPS) is 10.2. The third-order valence-corrected chi connectivity index (χ3v) is 2.96. The van der Waals surface area contributed by atoms with Crippen LogP contribution in [-0.4, -0.2) is 10.7 Å². The molecule has 19 heavy (non-hydrogen) atoms. The molecule has 2 aromatic rings. The van der Waals surface area contributed by atoms with Crippen LogP contribution in [0.3, 0.4) is 0 Å². The van der Waals surface area contributed by atoms with Crippen LogP contribution >= 0.6 is 0 Å². The van der Waals surface area contributed by atoms with Crippen molar-refractivity contribution in [1.29, 1.82) is 0 Å². The monoisotopic (exact) mass is 255 g/mol. The number of aryl methyl sites for hydroxylation is 1. The first-order valence-electron chi connectivity index (χ1n) is 6.00. The maximum atomic E-state index is 12.3. The zero-order chi connectivity index (χ0) is 13.8. The number of hydrogen-bond donors (Lipinski definition) is 0. The van der Waals surface area contributed by atoms with Crippen LogP contribution in [0.4, 0.5) is 5.69 Å². The fourth-order valence-corrected chi connectivity index (χ4v) is 1.95. The smallest absolute Gasteiger partial charge is 0.269 e. The highest BCUT2D eigenvalue weighted by Crippen LogP contribution is 2.21. The minimum atomic E-state index is -0.448. The van der Waals surface area contributed by atoms with Gasteiger partial charge in [-0.2, -0.15) is 0 Å². The molecule has 4 nitrogen and oxygen atoms in total. The summed E-state index contributed by atoms with van der Waals surface area (Å²) in [6.45, 7) is 1.88. The summed E-state index contributed by atoms with van der Waals surface area (Å²) < 4.78 is 0. The van der Waals surface area contributed by atoms with Crippen molar-refractivity contribution in [1.82, 2.24) is 0 Å². The Bertz CT molecular complexity index is 621. The van der Waals surface area contributed by atoms with Gasteiger partial charge in [0, 0.05) is 23.3 Å². The summed E-state index contributed by atoms with van der Waals surface area (Å²) in [5, 5.41) is 10.7. The molecule has 0 saturated heterocycles. The van der Waals surface area contributed by atoms with Crippen molar-refractivity contribution in [2.24, 2.45) is 0 Å². The van der Waals surface area contributed by atoms with Crippen LogP contribution in [0, 0.1) is 10.1 Å². The number of carbonyl (C=O) groups excluding carboxylic acids is 1. The Morgan fingerprint density at radius 3 is 2.42 bits per heavy atom. The topological polar surface area (TPSA) is 60.2 Å². The van der Waals surface area contributed by atoms with E-state index in [-0.39, 0.29) is 11.5 Å². The van der Waals surface area contributed by atoms with E-state index >= 15 is 0 Å². The largest absolute Gasteiger partial charge is 0.289 e. The molecule has 0 atom stereocenters. The molecule has 0 aliphatic rings. The van der Waals surface area contributed by atoms with E-state index in [0.717, 1.165) is 0 Å². The SMILES string of the molecule is CCc1cc([N+](=O)[O-])ccc1C(=O)c1ccccc1. The molecule has 4 heteroatoms. The first kappa shape index (κ1) is 13.0. The van der Waals surface area contributed by atoms with Crippen molar-refractivity contribution in [3.8, 4) is 0 Å². The molecule has 0 N–H and O–H groups in total. The van der Waals surface area contributed by atoms with Crippen molar-refractivity contribution in [3.63, 3.8) is 0 Å². The van der Waals surface area contributed by atoms with E-state index in [1.54, 1.807) is 24.3 Å². The van der Waals surface area contributed by atoms with Gasteiger partial charge in [-0.05, 0) is 18.1 Å². The van der Waals surface area contributed by atoms with Gasteiger partial charge >= 0.3 is 0 Å². The molecule has 0 radical (unpaired) electrons. The Morgan fingerprint density at radius 2 is 1.84 bits per heavy atom. The van der Waals surface area contributed by atoms with Gasteiger partial charge in [0.05, 0.1) is 4.92 Å². The summed E-state index contributed by atoms with van der Waals surface area (Å²) in [4.78, 5) is 22.6. The van der Waals surface area contributed by atoms with Crippen LogP contribution in [0.2, 0.25) is 0 Å². The zero-order valence-corrected chi connectivity index (χ0v) is 10.5. The summed E-state index contributed by atoms with van der Waals surface area (Å²) in [5.41, 5.74) is 1.83. The van der Waals surface area contributed by atoms with Crippen LogP contribution in [0.15, 0.2) is 48.5 Å². The number of nitrogens with zero attached hydrogens (tertiary/aromatic N) is 1. The first-order valence-corrected chi connectivity index (χ1v) is 6.00. The zero-order valence-electron chi connectivity index (χ0n) is 10.5. The van der Waals surface area contributed by atoms with E-state index in [0.29, 0.717) is 23.1 Å². The third-order valence-electron chi connectivity index (χ3n) is 2.96. The van der Waals surface area contributed by atoms with Gasteiger partial charge in [0.2, 0.25) is 0 Å². The van der Waals surface area contributed by atoms with Crippen molar-refractivity contribution in [2.75, 3.05) is 0 Å². The van der Waals surface area contributed by atoms with E-state index in [9.17, 15) is 14.9 Å². The number of hydrogen-bond acceptors (Lipinski definition) is 3. The van der Waals surface area contributed by atoms with Gasteiger partial charge in [-0.15, -0.1) is 0 Å². The summed E-state index contributed by atoms with van der Waals surface area (Å²) in [6, 6.07) is 13.3. The lowest BCUT2D eigenvalue weighted by molar-refractivity contribution is -0.384. The fourth-order valence-electron chi connectivity index (χ4n) is 1.95. The van der Waals surface area contributed by atoms with Gasteiger partial charge in [-0.1, -0.05) is 37.3 Å². The first-order chi connectivity index (χ1) is 9.13. The Morgan fingerprint density at radius 1 is 1.16 bits per heavy atom. The second-order valence-corrected chi connectivity index (χ2v) is 4.15. The summed E-state index contributed by atoms with van der Waals surface area (Å²) in [6.07, 6.45) is 0.579. The van der Waals surface area contributed by atoms with E-state index in [1.165, 1.54) is 18.2 Å². The Balaban J connectivity index is 2.45. The highest BCUT2D eigenvalue weighted by atomic mass is 16.6. The minimum absolute atomic E-state index is 0.0152. The van der Waals surface area contributed by atoms with Gasteiger partial charge in [0.15, 0.2) is 5.78 Å². The molecule has 0 heterocycles. The van der Waals surface area contributed by atoms with Crippen LogP contribution in [-0.2, 0) is 6.42 Å². The number of rotatable bonds is 4. The Kier molecular flexibility index (Phi) is 3.71. The number of nitro benzene ring substituents is 1. The quantitative estimate of drug-likeness (QED) is 0.478. The average molecular weight is 255 g/mol. The molecule has 0 unspecified atom stereocenters. The summed E-state index contributed by atoms with van der Waals surface area (Å²) in [5.74, 6) is -0.104. The molecule has 2 aromatic carbocycles. The third kappa shape index (κ3) is 2.68. The molecule has 0 aliphatic carbocycles. The molecule has 0 aliphatic heterocycles. The van der Waals surface area contributed by atoms with Crippen LogP contribution in [0.5, 0.6) is 0 Å². The van der Waals surface area contributed by atoms with Gasteiger partial charge in [0.1, 0.15) is 0 Å². The Hall–Kier alpha value is -2.49. The molecule has 0 bridgehead atoms. The van der Waals surface area contributed by atoms with Crippen molar-refractivity contribution in [2.45, 2.75) is 13.3 Å².